The Hall–Kier alpha value is -4.24. The number of carbonyl (C=O) groups is 3. The van der Waals surface area contributed by atoms with Crippen molar-refractivity contribution in [1.82, 2.24) is 9.80 Å². The fourth-order valence-corrected chi connectivity index (χ4v) is 9.12. The molecule has 0 amide bonds. The SMILES string of the molecule is CC=CC1OC1(C)c1cc(=O)c2c(C)cc3c(c2o1)C(=O)c1c(O)c(C2CC(C)(N(C)C)C(OC(C)=O)C(C)O2)cc(C2CC(N(C)C)C(O)C(C)O2)c1C3=O. The van der Waals surface area contributed by atoms with Gasteiger partial charge in [-0.1, -0.05) is 12.2 Å². The Morgan fingerprint density at radius 1 is 0.946 bits per heavy atom. The van der Waals surface area contributed by atoms with Gasteiger partial charge < -0.3 is 43.4 Å². The van der Waals surface area contributed by atoms with Gasteiger partial charge in [0.25, 0.3) is 0 Å². The number of aromatic hydroxyl groups is 1. The molecule has 10 unspecified atom stereocenters. The monoisotopic (exact) mass is 772 g/mol. The zero-order valence-electron chi connectivity index (χ0n) is 33.9. The number of fused-ring (bicyclic) bond motifs is 4. The highest BCUT2D eigenvalue weighted by Crippen LogP contribution is 2.51. The number of likely N-dealkylation sites (N-methyl/N-ethyl adjacent to an activating group) is 2. The summed E-state index contributed by atoms with van der Waals surface area (Å²) in [6.45, 7) is 12.2. The van der Waals surface area contributed by atoms with Crippen LogP contribution in [0.5, 0.6) is 5.75 Å². The molecular weight excluding hydrogens is 720 g/mol. The molecule has 13 heteroatoms. The lowest BCUT2D eigenvalue weighted by molar-refractivity contribution is -0.201. The zero-order valence-corrected chi connectivity index (χ0v) is 33.9. The normalized spacial score (nSPS) is 33.0. The van der Waals surface area contributed by atoms with Crippen molar-refractivity contribution in [2.75, 3.05) is 28.2 Å². The average molecular weight is 773 g/mol. The molecule has 2 N–H and O–H groups in total. The van der Waals surface area contributed by atoms with Crippen molar-refractivity contribution in [3.63, 3.8) is 0 Å². The number of phenolic OH excluding ortho intramolecular Hbond substituents is 1. The number of aliphatic hydroxyl groups excluding tert-OH is 1. The number of hydrogen-bond donors (Lipinski definition) is 2. The fraction of sp³-hybridized carbons (Fsp3) is 0.535. The van der Waals surface area contributed by atoms with Gasteiger partial charge >= 0.3 is 5.97 Å². The molecule has 13 nitrogen and oxygen atoms in total. The quantitative estimate of drug-likeness (QED) is 0.146. The Labute approximate surface area is 326 Å². The van der Waals surface area contributed by atoms with E-state index in [1.807, 2.05) is 64.0 Å². The predicted molar refractivity (Wildman–Crippen MR) is 206 cm³/mol. The van der Waals surface area contributed by atoms with E-state index < -0.39 is 76.5 Å². The number of phenols is 1. The molecule has 0 bridgehead atoms. The van der Waals surface area contributed by atoms with Crippen LogP contribution in [0.1, 0.15) is 121 Å². The molecule has 4 heterocycles. The van der Waals surface area contributed by atoms with E-state index in [0.717, 1.165) is 0 Å². The number of benzene rings is 2. The number of rotatable bonds is 7. The predicted octanol–water partition coefficient (Wildman–Crippen LogP) is 5.02. The Bertz CT molecular complexity index is 2240. The highest BCUT2D eigenvalue weighted by Gasteiger charge is 2.55. The van der Waals surface area contributed by atoms with E-state index in [2.05, 4.69) is 0 Å². The van der Waals surface area contributed by atoms with Gasteiger partial charge in [-0.25, -0.2) is 0 Å². The van der Waals surface area contributed by atoms with Crippen LogP contribution in [0.4, 0.5) is 0 Å². The molecule has 3 aliphatic heterocycles. The van der Waals surface area contributed by atoms with Gasteiger partial charge in [-0.2, -0.15) is 0 Å². The molecule has 1 aromatic heterocycles. The summed E-state index contributed by atoms with van der Waals surface area (Å²) in [5.74, 6) is -1.93. The minimum atomic E-state index is -0.959. The first-order valence-corrected chi connectivity index (χ1v) is 19.2. The summed E-state index contributed by atoms with van der Waals surface area (Å²) in [5.41, 5.74) is -1.48. The molecule has 1 aliphatic carbocycles. The van der Waals surface area contributed by atoms with Crippen LogP contribution in [0, 0.1) is 6.92 Å². The number of aliphatic hydroxyl groups is 1. The summed E-state index contributed by atoms with van der Waals surface area (Å²) in [7, 11) is 7.45. The van der Waals surface area contributed by atoms with E-state index in [0.29, 0.717) is 11.1 Å². The lowest BCUT2D eigenvalue weighted by Crippen LogP contribution is -2.61. The van der Waals surface area contributed by atoms with Crippen molar-refractivity contribution in [3.8, 4) is 5.75 Å². The molecule has 56 heavy (non-hydrogen) atoms. The van der Waals surface area contributed by atoms with Gasteiger partial charge in [0.2, 0.25) is 5.78 Å². The molecule has 3 saturated heterocycles. The third-order valence-corrected chi connectivity index (χ3v) is 12.6. The molecule has 2 aromatic carbocycles. The van der Waals surface area contributed by atoms with Gasteiger partial charge in [-0.3, -0.25) is 19.2 Å². The van der Waals surface area contributed by atoms with E-state index in [1.54, 1.807) is 33.8 Å². The van der Waals surface area contributed by atoms with Crippen LogP contribution in [0.25, 0.3) is 11.0 Å². The zero-order chi connectivity index (χ0) is 40.9. The molecule has 0 spiro atoms. The summed E-state index contributed by atoms with van der Waals surface area (Å²) in [4.78, 5) is 60.0. The maximum atomic E-state index is 15.2. The topological polar surface area (TPSA) is 169 Å². The average Bonchev–Trinajstić information content (AvgIpc) is 3.78. The standard InChI is InChI=1S/C43H52N2O11/c1-12-13-30-43(7,56-30)31-17-27(47)32-19(2)14-25-34(40(32)55-31)39(51)35-33(38(25)50)23(28-16-26(44(8)9)36(48)20(3)52-28)15-24(37(35)49)29-18-42(6,45(10)11)41(21(4)53-29)54-22(5)46/h12-15,17,20-21,26,28-30,36,41,48-49H,16,18H2,1-11H3. The highest BCUT2D eigenvalue weighted by molar-refractivity contribution is 6.33. The van der Waals surface area contributed by atoms with Crippen LogP contribution in [0.15, 0.2) is 39.6 Å². The van der Waals surface area contributed by atoms with Crippen molar-refractivity contribution in [3.05, 3.63) is 85.3 Å². The van der Waals surface area contributed by atoms with Crippen LogP contribution in [-0.2, 0) is 29.3 Å². The Balaban J connectivity index is 1.47. The van der Waals surface area contributed by atoms with E-state index >= 15 is 9.59 Å². The number of hydrogen-bond acceptors (Lipinski definition) is 13. The maximum absolute atomic E-state index is 15.2. The molecule has 4 aliphatic rings. The van der Waals surface area contributed by atoms with Crippen molar-refractivity contribution in [2.24, 2.45) is 0 Å². The minimum absolute atomic E-state index is 0.0187. The Morgan fingerprint density at radius 3 is 2.25 bits per heavy atom. The smallest absolute Gasteiger partial charge is 0.303 e. The first-order chi connectivity index (χ1) is 26.2. The Morgan fingerprint density at radius 2 is 1.62 bits per heavy atom. The molecule has 0 radical (unpaired) electrons. The molecule has 0 saturated carbocycles. The summed E-state index contributed by atoms with van der Waals surface area (Å²) in [6.07, 6.45) is -0.535. The number of allylic oxidation sites excluding steroid dienone is 1. The highest BCUT2D eigenvalue weighted by atomic mass is 16.6. The first-order valence-electron chi connectivity index (χ1n) is 19.2. The van der Waals surface area contributed by atoms with Crippen LogP contribution in [0.2, 0.25) is 0 Å². The van der Waals surface area contributed by atoms with E-state index in [4.69, 9.17) is 23.4 Å². The summed E-state index contributed by atoms with van der Waals surface area (Å²) in [6, 6.07) is 4.22. The number of ether oxygens (including phenoxy) is 4. The minimum Gasteiger partial charge on any atom is -0.507 e. The number of carbonyl (C=O) groups excluding carboxylic acids is 3. The number of esters is 1. The molecule has 3 fully saturated rings. The number of nitrogens with zero attached hydrogens (tertiary/aromatic N) is 2. The summed E-state index contributed by atoms with van der Waals surface area (Å²) >= 11 is 0. The number of epoxide rings is 1. The second kappa shape index (κ2) is 14.0. The summed E-state index contributed by atoms with van der Waals surface area (Å²) in [5, 5.41) is 23.6. The molecule has 7 rings (SSSR count). The van der Waals surface area contributed by atoms with Crippen molar-refractivity contribution in [2.45, 2.75) is 121 Å². The largest absolute Gasteiger partial charge is 0.507 e. The van der Waals surface area contributed by atoms with Gasteiger partial charge in [-0.15, -0.1) is 0 Å². The van der Waals surface area contributed by atoms with Gasteiger partial charge in [0.15, 0.2) is 16.8 Å². The van der Waals surface area contributed by atoms with Crippen molar-refractivity contribution in [1.29, 1.82) is 0 Å². The van der Waals surface area contributed by atoms with Crippen LogP contribution < -0.4 is 5.43 Å². The van der Waals surface area contributed by atoms with Crippen molar-refractivity contribution < 1.29 is 48.0 Å². The van der Waals surface area contributed by atoms with Crippen LogP contribution in [-0.4, -0.2) is 108 Å². The fourth-order valence-electron chi connectivity index (χ4n) is 9.12. The Kier molecular flexibility index (Phi) is 9.99. The van der Waals surface area contributed by atoms with Gasteiger partial charge in [0.1, 0.15) is 29.3 Å². The number of aryl methyl sites for hydroxylation is 1. The van der Waals surface area contributed by atoms with E-state index in [-0.39, 0.29) is 69.5 Å². The van der Waals surface area contributed by atoms with Crippen LogP contribution >= 0.6 is 0 Å². The summed E-state index contributed by atoms with van der Waals surface area (Å²) < 4.78 is 31.1. The third kappa shape index (κ3) is 6.14. The third-order valence-electron chi connectivity index (χ3n) is 12.6. The van der Waals surface area contributed by atoms with Gasteiger partial charge in [0, 0.05) is 35.7 Å². The first kappa shape index (κ1) is 40.0. The second-order valence-corrected chi connectivity index (χ2v) is 16.7. The van der Waals surface area contributed by atoms with Crippen LogP contribution in [0.3, 0.4) is 0 Å². The lowest BCUT2D eigenvalue weighted by Gasteiger charge is -2.50. The maximum Gasteiger partial charge on any atom is 0.303 e. The molecule has 3 aromatic rings. The van der Waals surface area contributed by atoms with E-state index in [1.165, 1.54) is 19.1 Å². The number of ketones is 2. The second-order valence-electron chi connectivity index (χ2n) is 16.7. The lowest BCUT2D eigenvalue weighted by atomic mass is 9.74. The van der Waals surface area contributed by atoms with Crippen molar-refractivity contribution >= 4 is 28.5 Å². The van der Waals surface area contributed by atoms with E-state index in [9.17, 15) is 19.8 Å². The molecule has 300 valence electrons. The molecular formula is C43H52N2O11. The van der Waals surface area contributed by atoms with Gasteiger partial charge in [-0.05, 0) is 106 Å². The van der Waals surface area contributed by atoms with Gasteiger partial charge in [0.05, 0.1) is 52.6 Å². The molecule has 10 atom stereocenters.